The summed E-state index contributed by atoms with van der Waals surface area (Å²) in [7, 11) is 1.46. The Morgan fingerprint density at radius 2 is 1.54 bits per heavy atom. The average Bonchev–Trinajstić information content (AvgIpc) is 2.63. The van der Waals surface area contributed by atoms with Gasteiger partial charge in [-0.1, -0.05) is 25.1 Å². The van der Waals surface area contributed by atoms with Gasteiger partial charge in [0.05, 0.1) is 13.1 Å². The van der Waals surface area contributed by atoms with Crippen LogP contribution in [0.15, 0.2) is 24.3 Å². The van der Waals surface area contributed by atoms with Crippen molar-refractivity contribution in [1.29, 1.82) is 0 Å². The summed E-state index contributed by atoms with van der Waals surface area (Å²) < 4.78 is 0. The number of urea groups is 1. The van der Waals surface area contributed by atoms with Gasteiger partial charge in [0, 0.05) is 38.9 Å². The Hall–Kier alpha value is -2.45. The Balaban J connectivity index is 1.73. The molecule has 0 radical (unpaired) electrons. The van der Waals surface area contributed by atoms with Crippen molar-refractivity contribution in [3.63, 3.8) is 0 Å². The summed E-state index contributed by atoms with van der Waals surface area (Å²) >= 11 is 0. The second kappa shape index (κ2) is 9.88. The first-order valence-electron chi connectivity index (χ1n) is 8.85. The van der Waals surface area contributed by atoms with E-state index < -0.39 is 6.03 Å². The van der Waals surface area contributed by atoms with Gasteiger partial charge in [-0.2, -0.15) is 0 Å². The molecular weight excluding hydrogens is 334 g/mol. The number of piperazine rings is 1. The summed E-state index contributed by atoms with van der Waals surface area (Å²) in [5, 5.41) is 7.58. The van der Waals surface area contributed by atoms with E-state index in [1.165, 1.54) is 7.05 Å². The van der Waals surface area contributed by atoms with Gasteiger partial charge in [0.25, 0.3) is 0 Å². The van der Waals surface area contributed by atoms with E-state index in [-0.39, 0.29) is 18.4 Å². The Morgan fingerprint density at radius 1 is 0.962 bits per heavy atom. The van der Waals surface area contributed by atoms with Crippen LogP contribution in [0.1, 0.15) is 12.5 Å². The number of aryl methyl sites for hydroxylation is 1. The molecule has 1 aromatic carbocycles. The highest BCUT2D eigenvalue weighted by Crippen LogP contribution is 2.15. The zero-order valence-corrected chi connectivity index (χ0v) is 15.4. The summed E-state index contributed by atoms with van der Waals surface area (Å²) in [6, 6.07) is 7.31. The third kappa shape index (κ3) is 6.12. The maximum atomic E-state index is 12.3. The number of para-hydroxylation sites is 1. The van der Waals surface area contributed by atoms with Crippen LogP contribution in [0, 0.1) is 0 Å². The van der Waals surface area contributed by atoms with Crippen LogP contribution < -0.4 is 16.0 Å². The SMILES string of the molecule is CCc1ccccc1NC(=O)CN1CCN(CC(=O)NC(=O)NC)CC1. The van der Waals surface area contributed by atoms with E-state index in [1.807, 2.05) is 29.2 Å². The fraction of sp³-hybridized carbons (Fsp3) is 0.500. The number of carbonyl (C=O) groups excluding carboxylic acids is 3. The summed E-state index contributed by atoms with van der Waals surface area (Å²) in [6.07, 6.45) is 0.868. The smallest absolute Gasteiger partial charge is 0.321 e. The van der Waals surface area contributed by atoms with Crippen molar-refractivity contribution < 1.29 is 14.4 Å². The van der Waals surface area contributed by atoms with Crippen molar-refractivity contribution in [3.8, 4) is 0 Å². The van der Waals surface area contributed by atoms with Crippen LogP contribution in [-0.4, -0.2) is 74.0 Å². The van der Waals surface area contributed by atoms with E-state index in [2.05, 4.69) is 27.8 Å². The fourth-order valence-corrected chi connectivity index (χ4v) is 2.88. The van der Waals surface area contributed by atoms with Crippen molar-refractivity contribution in [3.05, 3.63) is 29.8 Å². The molecule has 0 unspecified atom stereocenters. The molecule has 1 fully saturated rings. The molecule has 8 nitrogen and oxygen atoms in total. The van der Waals surface area contributed by atoms with Gasteiger partial charge in [-0.05, 0) is 18.1 Å². The lowest BCUT2D eigenvalue weighted by Gasteiger charge is -2.33. The highest BCUT2D eigenvalue weighted by atomic mass is 16.2. The van der Waals surface area contributed by atoms with Gasteiger partial charge in [-0.3, -0.25) is 24.7 Å². The van der Waals surface area contributed by atoms with Crippen molar-refractivity contribution in [2.24, 2.45) is 0 Å². The number of imide groups is 1. The van der Waals surface area contributed by atoms with Crippen LogP contribution in [0.5, 0.6) is 0 Å². The third-order valence-corrected chi connectivity index (χ3v) is 4.35. The fourth-order valence-electron chi connectivity index (χ4n) is 2.88. The van der Waals surface area contributed by atoms with E-state index in [0.717, 1.165) is 17.7 Å². The maximum absolute atomic E-state index is 12.3. The zero-order chi connectivity index (χ0) is 18.9. The lowest BCUT2D eigenvalue weighted by Crippen LogP contribution is -2.52. The van der Waals surface area contributed by atoms with Gasteiger partial charge in [0.15, 0.2) is 0 Å². The third-order valence-electron chi connectivity index (χ3n) is 4.35. The molecule has 8 heteroatoms. The van der Waals surface area contributed by atoms with Crippen molar-refractivity contribution >= 4 is 23.5 Å². The molecule has 1 saturated heterocycles. The zero-order valence-electron chi connectivity index (χ0n) is 15.4. The molecule has 0 aromatic heterocycles. The molecule has 0 spiro atoms. The molecule has 1 aromatic rings. The van der Waals surface area contributed by atoms with Gasteiger partial charge in [-0.25, -0.2) is 4.79 Å². The standard InChI is InChI=1S/C18H27N5O3/c1-3-14-6-4-5-7-15(14)20-16(24)12-22-8-10-23(11-9-22)13-17(25)21-18(26)19-2/h4-7H,3,8-13H2,1-2H3,(H,20,24)(H2,19,21,25,26). The first-order chi connectivity index (χ1) is 12.5. The molecule has 2 rings (SSSR count). The second-order valence-electron chi connectivity index (χ2n) is 6.24. The number of benzene rings is 1. The molecule has 0 atom stereocenters. The van der Waals surface area contributed by atoms with E-state index >= 15 is 0 Å². The number of hydrogen-bond donors (Lipinski definition) is 3. The number of nitrogens with one attached hydrogen (secondary N) is 3. The van der Waals surface area contributed by atoms with Crippen LogP contribution in [0.2, 0.25) is 0 Å². The predicted molar refractivity (Wildman–Crippen MR) is 99.9 cm³/mol. The van der Waals surface area contributed by atoms with Crippen LogP contribution in [0.3, 0.4) is 0 Å². The summed E-state index contributed by atoms with van der Waals surface area (Å²) in [6.45, 7) is 5.34. The molecular formula is C18H27N5O3. The molecule has 0 aliphatic carbocycles. The second-order valence-corrected chi connectivity index (χ2v) is 6.24. The van der Waals surface area contributed by atoms with Crippen LogP contribution >= 0.6 is 0 Å². The van der Waals surface area contributed by atoms with E-state index in [1.54, 1.807) is 0 Å². The number of hydrogen-bond acceptors (Lipinski definition) is 5. The van der Waals surface area contributed by atoms with Gasteiger partial charge < -0.3 is 10.6 Å². The Bertz CT molecular complexity index is 641. The molecule has 0 bridgehead atoms. The number of anilines is 1. The number of rotatable bonds is 6. The van der Waals surface area contributed by atoms with E-state index in [4.69, 9.17) is 0 Å². The number of amides is 4. The van der Waals surface area contributed by atoms with Crippen molar-refractivity contribution in [2.75, 3.05) is 51.6 Å². The lowest BCUT2D eigenvalue weighted by atomic mass is 10.1. The van der Waals surface area contributed by atoms with E-state index in [9.17, 15) is 14.4 Å². The molecule has 1 heterocycles. The van der Waals surface area contributed by atoms with Crippen LogP contribution in [-0.2, 0) is 16.0 Å². The van der Waals surface area contributed by atoms with Crippen LogP contribution in [0.25, 0.3) is 0 Å². The van der Waals surface area contributed by atoms with Gasteiger partial charge in [0.1, 0.15) is 0 Å². The largest absolute Gasteiger partial charge is 0.341 e. The molecule has 1 aliphatic heterocycles. The minimum absolute atomic E-state index is 0.0308. The molecule has 0 saturated carbocycles. The Morgan fingerprint density at radius 3 is 2.12 bits per heavy atom. The topological polar surface area (TPSA) is 93.8 Å². The predicted octanol–water partition coefficient (Wildman–Crippen LogP) is 0.261. The summed E-state index contributed by atoms with van der Waals surface area (Å²) in [5.74, 6) is -0.358. The summed E-state index contributed by atoms with van der Waals surface area (Å²) in [5.41, 5.74) is 1.98. The van der Waals surface area contributed by atoms with Crippen molar-refractivity contribution in [1.82, 2.24) is 20.4 Å². The van der Waals surface area contributed by atoms with Gasteiger partial charge in [0.2, 0.25) is 11.8 Å². The highest BCUT2D eigenvalue weighted by molar-refractivity contribution is 5.95. The molecule has 4 amide bonds. The minimum Gasteiger partial charge on any atom is -0.341 e. The average molecular weight is 361 g/mol. The summed E-state index contributed by atoms with van der Waals surface area (Å²) in [4.78, 5) is 39.2. The Labute approximate surface area is 153 Å². The van der Waals surface area contributed by atoms with E-state index in [0.29, 0.717) is 32.7 Å². The quantitative estimate of drug-likeness (QED) is 0.676. The van der Waals surface area contributed by atoms with Gasteiger partial charge >= 0.3 is 6.03 Å². The van der Waals surface area contributed by atoms with Gasteiger partial charge in [-0.15, -0.1) is 0 Å². The minimum atomic E-state index is -0.502. The number of carbonyl (C=O) groups is 3. The van der Waals surface area contributed by atoms with Crippen molar-refractivity contribution in [2.45, 2.75) is 13.3 Å². The molecule has 26 heavy (non-hydrogen) atoms. The normalized spacial score (nSPS) is 15.3. The highest BCUT2D eigenvalue weighted by Gasteiger charge is 2.21. The molecule has 3 N–H and O–H groups in total. The molecule has 1 aliphatic rings. The first-order valence-corrected chi connectivity index (χ1v) is 8.85. The first kappa shape index (κ1) is 19.9. The number of nitrogens with zero attached hydrogens (tertiary/aromatic N) is 2. The van der Waals surface area contributed by atoms with Crippen LogP contribution in [0.4, 0.5) is 10.5 Å². The maximum Gasteiger partial charge on any atom is 0.321 e. The lowest BCUT2D eigenvalue weighted by molar-refractivity contribution is -0.122. The molecule has 142 valence electrons. The monoisotopic (exact) mass is 361 g/mol. The Kier molecular flexibility index (Phi) is 7.55.